The number of aryl methyl sites for hydroxylation is 1. The molecule has 2 unspecified atom stereocenters. The third-order valence-electron chi connectivity index (χ3n) is 3.75. The van der Waals surface area contributed by atoms with E-state index in [2.05, 4.69) is 12.2 Å². The first-order valence-corrected chi connectivity index (χ1v) is 8.94. The van der Waals surface area contributed by atoms with Crippen LogP contribution in [0.2, 0.25) is 0 Å². The number of nitrogens with one attached hydrogen (secondary N) is 1. The lowest BCUT2D eigenvalue weighted by Crippen LogP contribution is -2.33. The molecule has 1 aromatic carbocycles. The Hall–Kier alpha value is -1.07. The lowest BCUT2D eigenvalue weighted by molar-refractivity contribution is 0.0936. The molecular formula is C14H18ClNO3S. The summed E-state index contributed by atoms with van der Waals surface area (Å²) in [6.45, 7) is 3.88. The van der Waals surface area contributed by atoms with Gasteiger partial charge in [-0.05, 0) is 55.9 Å². The van der Waals surface area contributed by atoms with E-state index in [1.807, 2.05) is 0 Å². The number of hydrogen-bond acceptors (Lipinski definition) is 3. The van der Waals surface area contributed by atoms with E-state index in [-0.39, 0.29) is 16.8 Å². The molecule has 2 atom stereocenters. The second kappa shape index (κ2) is 5.74. The van der Waals surface area contributed by atoms with Crippen molar-refractivity contribution >= 4 is 25.6 Å². The summed E-state index contributed by atoms with van der Waals surface area (Å²) in [6.07, 6.45) is 3.13. The second-order valence-electron chi connectivity index (χ2n) is 5.50. The maximum Gasteiger partial charge on any atom is 0.261 e. The molecule has 1 aliphatic carbocycles. The van der Waals surface area contributed by atoms with Gasteiger partial charge in [-0.15, -0.1) is 0 Å². The smallest absolute Gasteiger partial charge is 0.261 e. The number of rotatable bonds is 3. The van der Waals surface area contributed by atoms with E-state index in [9.17, 15) is 13.2 Å². The third kappa shape index (κ3) is 3.52. The van der Waals surface area contributed by atoms with Crippen molar-refractivity contribution in [2.75, 3.05) is 0 Å². The van der Waals surface area contributed by atoms with Crippen molar-refractivity contribution in [2.24, 2.45) is 5.92 Å². The number of halogens is 1. The number of hydrogen-bond donors (Lipinski definition) is 1. The molecule has 0 aliphatic heterocycles. The molecule has 0 bridgehead atoms. The van der Waals surface area contributed by atoms with Crippen LogP contribution in [0.4, 0.5) is 0 Å². The number of amides is 1. The van der Waals surface area contributed by atoms with Gasteiger partial charge in [0.2, 0.25) is 0 Å². The third-order valence-corrected chi connectivity index (χ3v) is 5.11. The summed E-state index contributed by atoms with van der Waals surface area (Å²) in [4.78, 5) is 12.2. The molecule has 1 saturated carbocycles. The van der Waals surface area contributed by atoms with Gasteiger partial charge in [-0.1, -0.05) is 6.92 Å². The highest BCUT2D eigenvalue weighted by Gasteiger charge is 2.24. The molecule has 1 amide bonds. The van der Waals surface area contributed by atoms with Gasteiger partial charge in [0, 0.05) is 22.3 Å². The minimum absolute atomic E-state index is 0.0164. The Kier molecular flexibility index (Phi) is 4.39. The summed E-state index contributed by atoms with van der Waals surface area (Å²) in [7, 11) is 1.53. The summed E-state index contributed by atoms with van der Waals surface area (Å²) < 4.78 is 22.5. The molecular weight excluding hydrogens is 298 g/mol. The molecule has 1 aliphatic rings. The topological polar surface area (TPSA) is 63.2 Å². The first kappa shape index (κ1) is 15.3. The van der Waals surface area contributed by atoms with Crippen molar-refractivity contribution in [3.8, 4) is 0 Å². The zero-order valence-electron chi connectivity index (χ0n) is 11.5. The van der Waals surface area contributed by atoms with E-state index in [0.717, 1.165) is 19.3 Å². The largest absolute Gasteiger partial charge is 0.349 e. The molecule has 0 spiro atoms. The van der Waals surface area contributed by atoms with Crippen LogP contribution in [0, 0.1) is 12.8 Å². The van der Waals surface area contributed by atoms with Gasteiger partial charge in [0.05, 0.1) is 4.90 Å². The molecule has 0 heterocycles. The van der Waals surface area contributed by atoms with E-state index >= 15 is 0 Å². The van der Waals surface area contributed by atoms with Crippen molar-refractivity contribution in [1.29, 1.82) is 0 Å². The van der Waals surface area contributed by atoms with Crippen molar-refractivity contribution in [1.82, 2.24) is 5.32 Å². The fourth-order valence-corrected chi connectivity index (χ4v) is 3.48. The molecule has 1 N–H and O–H groups in total. The van der Waals surface area contributed by atoms with E-state index in [0.29, 0.717) is 17.0 Å². The van der Waals surface area contributed by atoms with Crippen LogP contribution in [0.1, 0.15) is 42.1 Å². The van der Waals surface area contributed by atoms with E-state index in [1.54, 1.807) is 6.92 Å². The Morgan fingerprint density at radius 3 is 2.55 bits per heavy atom. The van der Waals surface area contributed by atoms with Crippen LogP contribution in [-0.4, -0.2) is 20.4 Å². The number of benzene rings is 1. The molecule has 1 aromatic rings. The summed E-state index contributed by atoms with van der Waals surface area (Å²) in [5.41, 5.74) is 1.10. The second-order valence-corrected chi connectivity index (χ2v) is 8.07. The molecule has 4 nitrogen and oxygen atoms in total. The Labute approximate surface area is 123 Å². The standard InChI is InChI=1S/C14H18ClNO3S/c1-9-3-4-11(7-9)16-14(17)13-6-5-12(8-10(13)2)20(15,18)19/h5-6,8-9,11H,3-4,7H2,1-2H3,(H,16,17). The summed E-state index contributed by atoms with van der Waals surface area (Å²) in [5.74, 6) is 0.491. The van der Waals surface area contributed by atoms with Crippen LogP contribution >= 0.6 is 10.7 Å². The van der Waals surface area contributed by atoms with Gasteiger partial charge >= 0.3 is 0 Å². The Morgan fingerprint density at radius 1 is 1.35 bits per heavy atom. The molecule has 110 valence electrons. The predicted molar refractivity (Wildman–Crippen MR) is 78.5 cm³/mol. The highest BCUT2D eigenvalue weighted by molar-refractivity contribution is 8.13. The van der Waals surface area contributed by atoms with E-state index in [4.69, 9.17) is 10.7 Å². The maximum atomic E-state index is 12.2. The van der Waals surface area contributed by atoms with Crippen molar-refractivity contribution in [3.05, 3.63) is 29.3 Å². The predicted octanol–water partition coefficient (Wildman–Crippen LogP) is 2.84. The van der Waals surface area contributed by atoms with Crippen LogP contribution in [0.5, 0.6) is 0 Å². The normalized spacial score (nSPS) is 22.8. The van der Waals surface area contributed by atoms with Gasteiger partial charge in [-0.25, -0.2) is 8.42 Å². The lowest BCUT2D eigenvalue weighted by Gasteiger charge is -2.14. The first-order chi connectivity index (χ1) is 9.27. The highest BCUT2D eigenvalue weighted by atomic mass is 35.7. The maximum absolute atomic E-state index is 12.2. The fourth-order valence-electron chi connectivity index (χ4n) is 2.64. The summed E-state index contributed by atoms with van der Waals surface area (Å²) in [6, 6.07) is 4.52. The zero-order valence-corrected chi connectivity index (χ0v) is 13.1. The van der Waals surface area contributed by atoms with E-state index in [1.165, 1.54) is 18.2 Å². The lowest BCUT2D eigenvalue weighted by atomic mass is 10.1. The quantitative estimate of drug-likeness (QED) is 0.872. The van der Waals surface area contributed by atoms with Crippen molar-refractivity contribution < 1.29 is 13.2 Å². The van der Waals surface area contributed by atoms with Gasteiger partial charge in [0.15, 0.2) is 0 Å². The van der Waals surface area contributed by atoms with Crippen molar-refractivity contribution in [3.63, 3.8) is 0 Å². The summed E-state index contributed by atoms with van der Waals surface area (Å²) in [5, 5.41) is 3.00. The Morgan fingerprint density at radius 2 is 2.05 bits per heavy atom. The Bertz CT molecular complexity index is 627. The van der Waals surface area contributed by atoms with Crippen molar-refractivity contribution in [2.45, 2.75) is 44.0 Å². The van der Waals surface area contributed by atoms with Gasteiger partial charge in [0.25, 0.3) is 15.0 Å². The van der Waals surface area contributed by atoms with Crippen LogP contribution < -0.4 is 5.32 Å². The number of carbonyl (C=O) groups is 1. The molecule has 6 heteroatoms. The highest BCUT2D eigenvalue weighted by Crippen LogP contribution is 2.25. The molecule has 20 heavy (non-hydrogen) atoms. The molecule has 0 radical (unpaired) electrons. The monoisotopic (exact) mass is 315 g/mol. The van der Waals surface area contributed by atoms with Crippen LogP contribution in [0.15, 0.2) is 23.1 Å². The van der Waals surface area contributed by atoms with Crippen LogP contribution in [-0.2, 0) is 9.05 Å². The minimum atomic E-state index is -3.76. The fraction of sp³-hybridized carbons (Fsp3) is 0.500. The van der Waals surface area contributed by atoms with Gasteiger partial charge in [0.1, 0.15) is 0 Å². The molecule has 2 rings (SSSR count). The van der Waals surface area contributed by atoms with Crippen LogP contribution in [0.25, 0.3) is 0 Å². The van der Waals surface area contributed by atoms with Gasteiger partial charge in [-0.3, -0.25) is 4.79 Å². The zero-order chi connectivity index (χ0) is 14.9. The average Bonchev–Trinajstić information content (AvgIpc) is 2.73. The molecule has 0 aromatic heterocycles. The number of carbonyl (C=O) groups excluding carboxylic acids is 1. The molecule has 0 saturated heterocycles. The minimum Gasteiger partial charge on any atom is -0.349 e. The van der Waals surface area contributed by atoms with Crippen LogP contribution in [0.3, 0.4) is 0 Å². The summed E-state index contributed by atoms with van der Waals surface area (Å²) >= 11 is 0. The Balaban J connectivity index is 2.15. The molecule has 1 fully saturated rings. The van der Waals surface area contributed by atoms with Gasteiger partial charge < -0.3 is 5.32 Å². The average molecular weight is 316 g/mol. The first-order valence-electron chi connectivity index (χ1n) is 6.63. The van der Waals surface area contributed by atoms with E-state index < -0.39 is 9.05 Å². The SMILES string of the molecule is Cc1cc(S(=O)(=O)Cl)ccc1C(=O)NC1CCC(C)C1. The van der Waals surface area contributed by atoms with Gasteiger partial charge in [-0.2, -0.15) is 0 Å².